The van der Waals surface area contributed by atoms with Gasteiger partial charge < -0.3 is 11.1 Å². The van der Waals surface area contributed by atoms with Gasteiger partial charge in [-0.15, -0.1) is 0 Å². The predicted molar refractivity (Wildman–Crippen MR) is 80.7 cm³/mol. The van der Waals surface area contributed by atoms with Crippen molar-refractivity contribution in [2.75, 3.05) is 0 Å². The summed E-state index contributed by atoms with van der Waals surface area (Å²) in [5.41, 5.74) is 5.77. The zero-order chi connectivity index (χ0) is 15.8. The summed E-state index contributed by atoms with van der Waals surface area (Å²) in [6.45, 7) is 0. The molecule has 5 heteroatoms. The van der Waals surface area contributed by atoms with Crippen molar-refractivity contribution in [3.05, 3.63) is 35.4 Å². The first-order valence-electron chi connectivity index (χ1n) is 7.61. The molecule has 0 spiro atoms. The average Bonchev–Trinajstić information content (AvgIpc) is 2.79. The van der Waals surface area contributed by atoms with E-state index in [4.69, 9.17) is 11.0 Å². The Bertz CT molecular complexity index is 679. The van der Waals surface area contributed by atoms with Gasteiger partial charge in [-0.2, -0.15) is 5.26 Å². The molecule has 0 aliphatic heterocycles. The number of hydrogen-bond donors (Lipinski definition) is 2. The molecule has 2 aliphatic carbocycles. The molecule has 3 rings (SSSR count). The number of nitriles is 1. The van der Waals surface area contributed by atoms with Crippen LogP contribution in [-0.2, 0) is 4.79 Å². The van der Waals surface area contributed by atoms with Gasteiger partial charge in [0.2, 0.25) is 5.91 Å². The largest absolute Gasteiger partial charge is 0.369 e. The van der Waals surface area contributed by atoms with Gasteiger partial charge in [0.15, 0.2) is 0 Å². The van der Waals surface area contributed by atoms with Crippen molar-refractivity contribution in [2.45, 2.75) is 44.1 Å². The highest BCUT2D eigenvalue weighted by Gasteiger charge is 2.54. The first kappa shape index (κ1) is 14.6. The van der Waals surface area contributed by atoms with Gasteiger partial charge in [-0.05, 0) is 50.3 Å². The number of fused-ring (bicyclic) bond motifs is 2. The zero-order valence-corrected chi connectivity index (χ0v) is 12.4. The summed E-state index contributed by atoms with van der Waals surface area (Å²) in [6.07, 6.45) is 4.79. The van der Waals surface area contributed by atoms with Gasteiger partial charge in [0.1, 0.15) is 0 Å². The van der Waals surface area contributed by atoms with Gasteiger partial charge in [-0.3, -0.25) is 9.59 Å². The lowest BCUT2D eigenvalue weighted by Gasteiger charge is -2.38. The normalized spacial score (nSPS) is 29.6. The molecular weight excluding hydrogens is 278 g/mol. The second-order valence-electron chi connectivity index (χ2n) is 6.60. The number of nitrogens with two attached hydrogens (primary N) is 1. The van der Waals surface area contributed by atoms with E-state index in [0.717, 1.165) is 32.1 Å². The van der Waals surface area contributed by atoms with E-state index in [2.05, 4.69) is 5.32 Å². The first-order valence-corrected chi connectivity index (χ1v) is 7.61. The van der Waals surface area contributed by atoms with E-state index in [1.807, 2.05) is 6.07 Å². The Morgan fingerprint density at radius 2 is 2.05 bits per heavy atom. The van der Waals surface area contributed by atoms with Crippen LogP contribution in [0.3, 0.4) is 0 Å². The third kappa shape index (κ3) is 2.35. The van der Waals surface area contributed by atoms with E-state index in [9.17, 15) is 9.59 Å². The number of primary amides is 1. The number of rotatable bonds is 3. The molecule has 2 bridgehead atoms. The number of benzene rings is 1. The molecule has 0 radical (unpaired) electrons. The van der Waals surface area contributed by atoms with Crippen molar-refractivity contribution in [2.24, 2.45) is 11.1 Å². The van der Waals surface area contributed by atoms with Crippen LogP contribution in [0.15, 0.2) is 24.3 Å². The fraction of sp³-hybridized carbons (Fsp3) is 0.471. The summed E-state index contributed by atoms with van der Waals surface area (Å²) >= 11 is 0. The van der Waals surface area contributed by atoms with Crippen LogP contribution in [0.5, 0.6) is 0 Å². The summed E-state index contributed by atoms with van der Waals surface area (Å²) in [5, 5.41) is 12.0. The Labute approximate surface area is 129 Å². The molecular formula is C17H19N3O2. The van der Waals surface area contributed by atoms with Crippen molar-refractivity contribution in [1.82, 2.24) is 5.32 Å². The van der Waals surface area contributed by atoms with Crippen LogP contribution in [-0.4, -0.2) is 17.4 Å². The molecule has 5 nitrogen and oxygen atoms in total. The molecule has 2 atom stereocenters. The third-order valence-electron chi connectivity index (χ3n) is 5.22. The highest BCUT2D eigenvalue weighted by Crippen LogP contribution is 2.53. The summed E-state index contributed by atoms with van der Waals surface area (Å²) in [6, 6.07) is 8.70. The van der Waals surface area contributed by atoms with Crippen LogP contribution in [0.4, 0.5) is 0 Å². The van der Waals surface area contributed by atoms with Crippen molar-refractivity contribution < 1.29 is 9.59 Å². The molecule has 2 fully saturated rings. The first-order chi connectivity index (χ1) is 10.5. The van der Waals surface area contributed by atoms with E-state index in [1.165, 1.54) is 0 Å². The lowest BCUT2D eigenvalue weighted by molar-refractivity contribution is -0.128. The van der Waals surface area contributed by atoms with E-state index in [-0.39, 0.29) is 17.4 Å². The fourth-order valence-corrected chi connectivity index (χ4v) is 4.04. The quantitative estimate of drug-likeness (QED) is 0.891. The van der Waals surface area contributed by atoms with Gasteiger partial charge in [-0.1, -0.05) is 12.5 Å². The Hall–Kier alpha value is -2.35. The number of carbonyl (C=O) groups is 2. The topological polar surface area (TPSA) is 96.0 Å². The molecule has 22 heavy (non-hydrogen) atoms. The standard InChI is InChI=1S/C17H19N3O2/c18-10-12-3-1-4-13(9-12)14(21)20-17-6-2-5-16(11-17,7-8-17)15(19)22/h1,3-4,9H,2,5-8,11H2,(H2,19,22)(H,20,21). The lowest BCUT2D eigenvalue weighted by atomic mass is 9.72. The minimum absolute atomic E-state index is 0.181. The molecule has 2 amide bonds. The van der Waals surface area contributed by atoms with E-state index in [0.29, 0.717) is 17.5 Å². The maximum Gasteiger partial charge on any atom is 0.251 e. The number of amides is 2. The number of nitrogens with zero attached hydrogens (tertiary/aromatic N) is 1. The third-order valence-corrected chi connectivity index (χ3v) is 5.22. The van der Waals surface area contributed by atoms with Crippen LogP contribution in [0, 0.1) is 16.7 Å². The fourth-order valence-electron chi connectivity index (χ4n) is 4.04. The molecule has 1 aromatic carbocycles. The minimum atomic E-state index is -0.444. The van der Waals surface area contributed by atoms with Crippen LogP contribution in [0.2, 0.25) is 0 Å². The molecule has 0 heterocycles. The number of nitrogens with one attached hydrogen (secondary N) is 1. The van der Waals surface area contributed by atoms with E-state index in [1.54, 1.807) is 24.3 Å². The van der Waals surface area contributed by atoms with Gasteiger partial charge >= 0.3 is 0 Å². The molecule has 2 unspecified atom stereocenters. The summed E-state index contributed by atoms with van der Waals surface area (Å²) in [4.78, 5) is 24.3. The highest BCUT2D eigenvalue weighted by molar-refractivity contribution is 5.95. The van der Waals surface area contributed by atoms with Crippen LogP contribution in [0.1, 0.15) is 54.4 Å². The van der Waals surface area contributed by atoms with Crippen molar-refractivity contribution in [3.63, 3.8) is 0 Å². The smallest absolute Gasteiger partial charge is 0.251 e. The zero-order valence-electron chi connectivity index (χ0n) is 12.4. The van der Waals surface area contributed by atoms with E-state index >= 15 is 0 Å². The number of hydrogen-bond acceptors (Lipinski definition) is 3. The molecule has 0 aromatic heterocycles. The summed E-state index contributed by atoms with van der Waals surface area (Å²) in [5.74, 6) is -0.422. The van der Waals surface area contributed by atoms with E-state index < -0.39 is 5.41 Å². The predicted octanol–water partition coefficient (Wildman–Crippen LogP) is 1.87. The highest BCUT2D eigenvalue weighted by atomic mass is 16.2. The minimum Gasteiger partial charge on any atom is -0.369 e. The summed E-state index contributed by atoms with van der Waals surface area (Å²) in [7, 11) is 0. The van der Waals surface area contributed by atoms with Crippen LogP contribution < -0.4 is 11.1 Å². The molecule has 1 aromatic rings. The SMILES string of the molecule is N#Cc1cccc(C(=O)NC23CCCC(C(N)=O)(CC2)C3)c1. The molecule has 2 saturated carbocycles. The van der Waals surface area contributed by atoms with Gasteiger partial charge in [0.05, 0.1) is 17.0 Å². The van der Waals surface area contributed by atoms with Crippen molar-refractivity contribution >= 4 is 11.8 Å². The Morgan fingerprint density at radius 1 is 1.23 bits per heavy atom. The van der Waals surface area contributed by atoms with Crippen LogP contribution >= 0.6 is 0 Å². The molecule has 2 aliphatic rings. The van der Waals surface area contributed by atoms with Crippen molar-refractivity contribution in [3.8, 4) is 6.07 Å². The second kappa shape index (κ2) is 5.13. The summed E-state index contributed by atoms with van der Waals surface area (Å²) < 4.78 is 0. The Kier molecular flexibility index (Phi) is 3.40. The Morgan fingerprint density at radius 3 is 2.77 bits per heavy atom. The monoisotopic (exact) mass is 297 g/mol. The van der Waals surface area contributed by atoms with Gasteiger partial charge in [0.25, 0.3) is 5.91 Å². The molecule has 0 saturated heterocycles. The van der Waals surface area contributed by atoms with Crippen molar-refractivity contribution in [1.29, 1.82) is 5.26 Å². The Balaban J connectivity index is 1.79. The maximum atomic E-state index is 12.5. The van der Waals surface area contributed by atoms with Crippen LogP contribution in [0.25, 0.3) is 0 Å². The maximum absolute atomic E-state index is 12.5. The second-order valence-corrected chi connectivity index (χ2v) is 6.60. The number of carbonyl (C=O) groups excluding carboxylic acids is 2. The van der Waals surface area contributed by atoms with Gasteiger partial charge in [0, 0.05) is 11.1 Å². The molecule has 3 N–H and O–H groups in total. The average molecular weight is 297 g/mol. The lowest BCUT2D eigenvalue weighted by Crippen LogP contribution is -2.51. The van der Waals surface area contributed by atoms with Gasteiger partial charge in [-0.25, -0.2) is 0 Å². The molecule has 114 valence electrons.